The second kappa shape index (κ2) is 6.78. The van der Waals surface area contributed by atoms with Crippen LogP contribution in [0.15, 0.2) is 46.5 Å². The fraction of sp³-hybridized carbons (Fsp3) is 0.300. The van der Waals surface area contributed by atoms with E-state index < -0.39 is 0 Å². The number of carbonyl (C=O) groups is 2. The Morgan fingerprint density at radius 2 is 1.77 bits per heavy atom. The van der Waals surface area contributed by atoms with Gasteiger partial charge >= 0.3 is 6.03 Å². The maximum absolute atomic E-state index is 13.0. The van der Waals surface area contributed by atoms with Crippen molar-refractivity contribution in [1.29, 1.82) is 0 Å². The lowest BCUT2D eigenvalue weighted by atomic mass is 9.94. The molecule has 4 rings (SSSR count). The molecule has 3 amide bonds. The molecular weight excluding hydrogens is 335 g/mol. The molecule has 2 aromatic rings. The van der Waals surface area contributed by atoms with Crippen molar-refractivity contribution in [3.63, 3.8) is 0 Å². The lowest BCUT2D eigenvalue weighted by Crippen LogP contribution is -2.41. The number of halogens is 1. The maximum atomic E-state index is 13.0. The first-order valence-electron chi connectivity index (χ1n) is 8.84. The van der Waals surface area contributed by atoms with Crippen molar-refractivity contribution in [3.05, 3.63) is 53.7 Å². The predicted octanol–water partition coefficient (Wildman–Crippen LogP) is 4.31. The molecule has 6 heteroatoms. The van der Waals surface area contributed by atoms with Crippen LogP contribution in [0.5, 0.6) is 0 Å². The van der Waals surface area contributed by atoms with E-state index in [1.807, 2.05) is 0 Å². The van der Waals surface area contributed by atoms with Crippen LogP contribution in [0.2, 0.25) is 0 Å². The summed E-state index contributed by atoms with van der Waals surface area (Å²) >= 11 is 0. The van der Waals surface area contributed by atoms with E-state index in [2.05, 4.69) is 5.32 Å². The van der Waals surface area contributed by atoms with E-state index in [1.165, 1.54) is 23.1 Å². The Kier molecular flexibility index (Phi) is 4.32. The number of benzene rings is 1. The van der Waals surface area contributed by atoms with Gasteiger partial charge in [-0.05, 0) is 49.2 Å². The third-order valence-corrected chi connectivity index (χ3v) is 4.89. The Balaban J connectivity index is 1.54. The zero-order valence-electron chi connectivity index (χ0n) is 14.2. The molecule has 2 aliphatic rings. The molecule has 1 aliphatic heterocycles. The average Bonchev–Trinajstić information content (AvgIpc) is 3.21. The van der Waals surface area contributed by atoms with Gasteiger partial charge in [0.2, 0.25) is 0 Å². The number of imide groups is 1. The second-order valence-corrected chi connectivity index (χ2v) is 6.66. The van der Waals surface area contributed by atoms with Crippen LogP contribution in [-0.4, -0.2) is 22.9 Å². The number of rotatable bonds is 3. The van der Waals surface area contributed by atoms with Crippen LogP contribution in [0.3, 0.4) is 0 Å². The number of amides is 3. The van der Waals surface area contributed by atoms with Gasteiger partial charge in [-0.3, -0.25) is 9.69 Å². The van der Waals surface area contributed by atoms with Crippen LogP contribution in [0, 0.1) is 5.82 Å². The van der Waals surface area contributed by atoms with Gasteiger partial charge in [-0.1, -0.05) is 19.3 Å². The van der Waals surface area contributed by atoms with Crippen molar-refractivity contribution in [2.24, 2.45) is 0 Å². The molecule has 0 bridgehead atoms. The monoisotopic (exact) mass is 354 g/mol. The largest absolute Gasteiger partial charge is 0.457 e. The fourth-order valence-electron chi connectivity index (χ4n) is 3.56. The highest BCUT2D eigenvalue weighted by Gasteiger charge is 2.39. The predicted molar refractivity (Wildman–Crippen MR) is 94.3 cm³/mol. The Labute approximate surface area is 150 Å². The average molecular weight is 354 g/mol. The minimum atomic E-state index is -0.363. The van der Waals surface area contributed by atoms with E-state index in [0.29, 0.717) is 11.5 Å². The van der Waals surface area contributed by atoms with Gasteiger partial charge in [0, 0.05) is 17.7 Å². The maximum Gasteiger partial charge on any atom is 0.329 e. The molecule has 0 spiro atoms. The molecule has 0 radical (unpaired) electrons. The number of urea groups is 1. The zero-order chi connectivity index (χ0) is 18.1. The van der Waals surface area contributed by atoms with Gasteiger partial charge in [-0.2, -0.15) is 0 Å². The van der Waals surface area contributed by atoms with E-state index in [-0.39, 0.29) is 29.5 Å². The normalized spacial score (nSPS) is 20.0. The van der Waals surface area contributed by atoms with Gasteiger partial charge in [0.05, 0.1) is 0 Å². The van der Waals surface area contributed by atoms with Gasteiger partial charge in [0.25, 0.3) is 5.91 Å². The van der Waals surface area contributed by atoms with Gasteiger partial charge in [-0.15, -0.1) is 0 Å². The molecule has 0 atom stereocenters. The summed E-state index contributed by atoms with van der Waals surface area (Å²) in [7, 11) is 0. The van der Waals surface area contributed by atoms with Crippen LogP contribution < -0.4 is 5.32 Å². The summed E-state index contributed by atoms with van der Waals surface area (Å²) in [5, 5.41) is 2.64. The molecule has 1 aromatic carbocycles. The number of furan rings is 1. The molecule has 2 fully saturated rings. The first kappa shape index (κ1) is 16.6. The van der Waals surface area contributed by atoms with Gasteiger partial charge in [0.15, 0.2) is 0 Å². The zero-order valence-corrected chi connectivity index (χ0v) is 14.2. The molecule has 26 heavy (non-hydrogen) atoms. The molecule has 5 nitrogen and oxygen atoms in total. The number of nitrogens with one attached hydrogen (secondary N) is 1. The van der Waals surface area contributed by atoms with Crippen LogP contribution in [0.4, 0.5) is 9.18 Å². The topological polar surface area (TPSA) is 62.6 Å². The molecule has 1 aliphatic carbocycles. The minimum Gasteiger partial charge on any atom is -0.457 e. The summed E-state index contributed by atoms with van der Waals surface area (Å²) in [4.78, 5) is 26.2. The van der Waals surface area contributed by atoms with E-state index >= 15 is 0 Å². The van der Waals surface area contributed by atoms with Gasteiger partial charge in [0.1, 0.15) is 23.0 Å². The third-order valence-electron chi connectivity index (χ3n) is 4.89. The number of hydrogen-bond donors (Lipinski definition) is 1. The van der Waals surface area contributed by atoms with Crippen molar-refractivity contribution < 1.29 is 18.4 Å². The molecule has 1 aromatic heterocycles. The molecule has 1 saturated heterocycles. The molecule has 1 N–H and O–H groups in total. The lowest BCUT2D eigenvalue weighted by Gasteiger charge is -2.28. The molecule has 0 unspecified atom stereocenters. The van der Waals surface area contributed by atoms with Gasteiger partial charge < -0.3 is 9.73 Å². The van der Waals surface area contributed by atoms with Crippen molar-refractivity contribution in [2.75, 3.05) is 0 Å². The second-order valence-electron chi connectivity index (χ2n) is 6.66. The highest BCUT2D eigenvalue weighted by atomic mass is 19.1. The Morgan fingerprint density at radius 1 is 1.04 bits per heavy atom. The highest BCUT2D eigenvalue weighted by molar-refractivity contribution is 6.14. The van der Waals surface area contributed by atoms with Crippen molar-refractivity contribution in [1.82, 2.24) is 10.2 Å². The van der Waals surface area contributed by atoms with Gasteiger partial charge in [-0.25, -0.2) is 9.18 Å². The van der Waals surface area contributed by atoms with Crippen LogP contribution in [0.1, 0.15) is 37.9 Å². The summed E-state index contributed by atoms with van der Waals surface area (Å²) < 4.78 is 18.7. The summed E-state index contributed by atoms with van der Waals surface area (Å²) in [6.07, 6.45) is 6.50. The summed E-state index contributed by atoms with van der Waals surface area (Å²) in [5.41, 5.74) is 0.960. The lowest BCUT2D eigenvalue weighted by molar-refractivity contribution is -0.124. The molecule has 2 heterocycles. The van der Waals surface area contributed by atoms with Crippen molar-refractivity contribution in [3.8, 4) is 11.3 Å². The van der Waals surface area contributed by atoms with E-state index in [0.717, 1.165) is 37.7 Å². The van der Waals surface area contributed by atoms with Crippen LogP contribution in [0.25, 0.3) is 17.4 Å². The van der Waals surface area contributed by atoms with E-state index in [4.69, 9.17) is 4.42 Å². The first-order valence-corrected chi connectivity index (χ1v) is 8.84. The fourth-order valence-corrected chi connectivity index (χ4v) is 3.56. The Morgan fingerprint density at radius 3 is 2.50 bits per heavy atom. The summed E-state index contributed by atoms with van der Waals surface area (Å²) in [6.45, 7) is 0. The smallest absolute Gasteiger partial charge is 0.329 e. The van der Waals surface area contributed by atoms with Crippen LogP contribution in [-0.2, 0) is 4.79 Å². The quantitative estimate of drug-likeness (QED) is 0.660. The standard InChI is InChI=1S/C20H19FN2O3/c21-14-8-6-13(7-9-14)18-11-10-16(26-18)12-17-19(24)23(20(25)22-17)15-4-2-1-3-5-15/h6-12,15H,1-5H2,(H,22,25)/b17-12+. The Bertz CT molecular complexity index is 863. The molecular formula is C20H19FN2O3. The number of carbonyl (C=O) groups excluding carboxylic acids is 2. The number of nitrogens with zero attached hydrogens (tertiary/aromatic N) is 1. The summed E-state index contributed by atoms with van der Waals surface area (Å²) in [6, 6.07) is 9.05. The van der Waals surface area contributed by atoms with Crippen molar-refractivity contribution in [2.45, 2.75) is 38.1 Å². The highest BCUT2D eigenvalue weighted by Crippen LogP contribution is 2.28. The summed E-state index contributed by atoms with van der Waals surface area (Å²) in [5.74, 6) is 0.405. The van der Waals surface area contributed by atoms with E-state index in [9.17, 15) is 14.0 Å². The minimum absolute atomic E-state index is 0.0199. The molecule has 134 valence electrons. The SMILES string of the molecule is O=C1N/C(=C/c2ccc(-c3ccc(F)cc3)o2)C(=O)N1C1CCCCC1. The molecule has 1 saturated carbocycles. The first-order chi connectivity index (χ1) is 12.6. The van der Waals surface area contributed by atoms with Crippen molar-refractivity contribution >= 4 is 18.0 Å². The van der Waals surface area contributed by atoms with E-state index in [1.54, 1.807) is 24.3 Å². The third kappa shape index (κ3) is 3.14. The number of hydrogen-bond acceptors (Lipinski definition) is 3. The Hall–Kier alpha value is -2.89. The van der Waals surface area contributed by atoms with Crippen LogP contribution >= 0.6 is 0 Å².